The smallest absolute Gasteiger partial charge is 0.111 e. The Morgan fingerprint density at radius 2 is 2.39 bits per heavy atom. The minimum absolute atomic E-state index is 0.458. The lowest BCUT2D eigenvalue weighted by Gasteiger charge is -2.28. The lowest BCUT2D eigenvalue weighted by atomic mass is 9.91. The second-order valence-electron chi connectivity index (χ2n) is 4.97. The van der Waals surface area contributed by atoms with E-state index in [1.54, 1.807) is 0 Å². The molecule has 1 fully saturated rings. The fraction of sp³-hybridized carbons (Fsp3) is 0.500. The Kier molecular flexibility index (Phi) is 3.68. The van der Waals surface area contributed by atoms with Crippen molar-refractivity contribution in [3.8, 4) is 0 Å². The Hall–Kier alpha value is -0.450. The van der Waals surface area contributed by atoms with Gasteiger partial charge >= 0.3 is 0 Å². The standard InChI is InChI=1S/C14H17BrN2S/c1-2-9-5-6-16-12(7-9)14-17-11-4-3-10(15)8-13(11)18-14/h3-4,8-9,12,16H,2,5-7H2,1H3. The molecule has 0 aliphatic carbocycles. The molecule has 0 spiro atoms. The van der Waals surface area contributed by atoms with E-state index in [0.29, 0.717) is 6.04 Å². The number of halogens is 1. The normalized spacial score (nSPS) is 24.6. The molecule has 1 aliphatic rings. The van der Waals surface area contributed by atoms with Gasteiger partial charge in [-0.25, -0.2) is 4.98 Å². The molecule has 1 N–H and O–H groups in total. The number of piperidine rings is 1. The highest BCUT2D eigenvalue weighted by Gasteiger charge is 2.24. The minimum Gasteiger partial charge on any atom is -0.308 e. The Morgan fingerprint density at radius 3 is 3.22 bits per heavy atom. The number of nitrogens with one attached hydrogen (secondary N) is 1. The van der Waals surface area contributed by atoms with Crippen molar-refractivity contribution < 1.29 is 0 Å². The first-order valence-corrected chi connectivity index (χ1v) is 8.16. The first kappa shape index (κ1) is 12.6. The molecule has 2 aromatic rings. The molecule has 1 aliphatic heterocycles. The van der Waals surface area contributed by atoms with Crippen LogP contribution in [0.5, 0.6) is 0 Å². The number of nitrogens with zero attached hydrogens (tertiary/aromatic N) is 1. The Balaban J connectivity index is 1.89. The second-order valence-corrected chi connectivity index (χ2v) is 6.95. The van der Waals surface area contributed by atoms with Crippen molar-refractivity contribution in [1.29, 1.82) is 0 Å². The molecular weight excluding hydrogens is 308 g/mol. The molecule has 1 aromatic carbocycles. The average Bonchev–Trinajstić information content (AvgIpc) is 2.81. The van der Waals surface area contributed by atoms with Gasteiger partial charge in [0.15, 0.2) is 0 Å². The highest BCUT2D eigenvalue weighted by Crippen LogP contribution is 2.34. The van der Waals surface area contributed by atoms with Crippen LogP contribution in [0, 0.1) is 5.92 Å². The van der Waals surface area contributed by atoms with E-state index < -0.39 is 0 Å². The third kappa shape index (κ3) is 2.46. The molecule has 4 heteroatoms. The summed E-state index contributed by atoms with van der Waals surface area (Å²) in [4.78, 5) is 4.78. The number of hydrogen-bond acceptors (Lipinski definition) is 3. The van der Waals surface area contributed by atoms with Crippen molar-refractivity contribution >= 4 is 37.5 Å². The summed E-state index contributed by atoms with van der Waals surface area (Å²) in [5, 5.41) is 4.86. The van der Waals surface area contributed by atoms with Gasteiger partial charge in [-0.05, 0) is 43.5 Å². The van der Waals surface area contributed by atoms with Crippen LogP contribution in [0.4, 0.5) is 0 Å². The molecule has 3 rings (SSSR count). The van der Waals surface area contributed by atoms with E-state index in [9.17, 15) is 0 Å². The lowest BCUT2D eigenvalue weighted by Crippen LogP contribution is -2.31. The van der Waals surface area contributed by atoms with Crippen molar-refractivity contribution in [3.63, 3.8) is 0 Å². The highest BCUT2D eigenvalue weighted by atomic mass is 79.9. The molecule has 1 aromatic heterocycles. The molecule has 1 saturated heterocycles. The zero-order valence-electron chi connectivity index (χ0n) is 10.4. The van der Waals surface area contributed by atoms with E-state index >= 15 is 0 Å². The number of hydrogen-bond donors (Lipinski definition) is 1. The fourth-order valence-electron chi connectivity index (χ4n) is 2.62. The molecule has 2 atom stereocenters. The first-order chi connectivity index (χ1) is 8.76. The number of benzene rings is 1. The van der Waals surface area contributed by atoms with Crippen LogP contribution in [0.2, 0.25) is 0 Å². The Morgan fingerprint density at radius 1 is 1.50 bits per heavy atom. The van der Waals surface area contributed by atoms with E-state index in [0.717, 1.165) is 22.5 Å². The second kappa shape index (κ2) is 5.27. The summed E-state index contributed by atoms with van der Waals surface area (Å²) in [6, 6.07) is 6.78. The Labute approximate surface area is 120 Å². The van der Waals surface area contributed by atoms with Gasteiger partial charge in [-0.15, -0.1) is 11.3 Å². The van der Waals surface area contributed by atoms with Gasteiger partial charge in [-0.1, -0.05) is 29.3 Å². The minimum atomic E-state index is 0.458. The molecule has 2 heterocycles. The largest absolute Gasteiger partial charge is 0.308 e. The van der Waals surface area contributed by atoms with Crippen LogP contribution in [0.1, 0.15) is 37.2 Å². The topological polar surface area (TPSA) is 24.9 Å². The zero-order valence-corrected chi connectivity index (χ0v) is 12.9. The maximum atomic E-state index is 4.78. The number of fused-ring (bicyclic) bond motifs is 1. The van der Waals surface area contributed by atoms with E-state index in [-0.39, 0.29) is 0 Å². The van der Waals surface area contributed by atoms with Crippen molar-refractivity contribution in [2.45, 2.75) is 32.2 Å². The maximum Gasteiger partial charge on any atom is 0.111 e. The molecule has 2 unspecified atom stereocenters. The van der Waals surface area contributed by atoms with Crippen LogP contribution in [0.15, 0.2) is 22.7 Å². The van der Waals surface area contributed by atoms with E-state index in [4.69, 9.17) is 4.98 Å². The predicted molar refractivity (Wildman–Crippen MR) is 81.1 cm³/mol. The third-order valence-corrected chi connectivity index (χ3v) is 5.38. The van der Waals surface area contributed by atoms with Gasteiger partial charge in [-0.2, -0.15) is 0 Å². The van der Waals surface area contributed by atoms with E-state index in [1.165, 1.54) is 29.0 Å². The molecular formula is C14H17BrN2S. The van der Waals surface area contributed by atoms with Crippen molar-refractivity contribution in [1.82, 2.24) is 10.3 Å². The fourth-order valence-corrected chi connectivity index (χ4v) is 4.23. The van der Waals surface area contributed by atoms with Gasteiger partial charge in [-0.3, -0.25) is 0 Å². The van der Waals surface area contributed by atoms with Crippen LogP contribution < -0.4 is 5.32 Å². The average molecular weight is 325 g/mol. The summed E-state index contributed by atoms with van der Waals surface area (Å²) in [6.45, 7) is 3.42. The van der Waals surface area contributed by atoms with Gasteiger partial charge in [0.25, 0.3) is 0 Å². The molecule has 0 saturated carbocycles. The van der Waals surface area contributed by atoms with Gasteiger partial charge in [0.1, 0.15) is 5.01 Å². The van der Waals surface area contributed by atoms with Crippen LogP contribution in [0.3, 0.4) is 0 Å². The summed E-state index contributed by atoms with van der Waals surface area (Å²) >= 11 is 5.35. The summed E-state index contributed by atoms with van der Waals surface area (Å²) in [5.41, 5.74) is 1.12. The van der Waals surface area contributed by atoms with Crippen molar-refractivity contribution in [3.05, 3.63) is 27.7 Å². The monoisotopic (exact) mass is 324 g/mol. The molecule has 2 nitrogen and oxygen atoms in total. The van der Waals surface area contributed by atoms with Crippen LogP contribution >= 0.6 is 27.3 Å². The van der Waals surface area contributed by atoms with Gasteiger partial charge in [0.05, 0.1) is 16.3 Å². The third-order valence-electron chi connectivity index (χ3n) is 3.75. The first-order valence-electron chi connectivity index (χ1n) is 6.55. The molecule has 96 valence electrons. The highest BCUT2D eigenvalue weighted by molar-refractivity contribution is 9.10. The summed E-state index contributed by atoms with van der Waals surface area (Å²) in [6.07, 6.45) is 3.83. The van der Waals surface area contributed by atoms with Gasteiger partial charge < -0.3 is 5.32 Å². The van der Waals surface area contributed by atoms with Crippen LogP contribution in [-0.4, -0.2) is 11.5 Å². The van der Waals surface area contributed by atoms with E-state index in [2.05, 4.69) is 46.4 Å². The van der Waals surface area contributed by atoms with Gasteiger partial charge in [0, 0.05) is 4.47 Å². The van der Waals surface area contributed by atoms with Crippen LogP contribution in [-0.2, 0) is 0 Å². The van der Waals surface area contributed by atoms with Gasteiger partial charge in [0.2, 0.25) is 0 Å². The number of rotatable bonds is 2. The summed E-state index contributed by atoms with van der Waals surface area (Å²) in [5.74, 6) is 0.856. The zero-order chi connectivity index (χ0) is 12.5. The summed E-state index contributed by atoms with van der Waals surface area (Å²) in [7, 11) is 0. The lowest BCUT2D eigenvalue weighted by molar-refractivity contribution is 0.299. The van der Waals surface area contributed by atoms with Crippen molar-refractivity contribution in [2.75, 3.05) is 6.54 Å². The van der Waals surface area contributed by atoms with E-state index in [1.807, 2.05) is 11.3 Å². The molecule has 0 amide bonds. The van der Waals surface area contributed by atoms with Crippen LogP contribution in [0.25, 0.3) is 10.2 Å². The van der Waals surface area contributed by atoms with Crippen molar-refractivity contribution in [2.24, 2.45) is 5.92 Å². The molecule has 18 heavy (non-hydrogen) atoms. The number of aromatic nitrogens is 1. The maximum absolute atomic E-state index is 4.78. The summed E-state index contributed by atoms with van der Waals surface area (Å²) < 4.78 is 2.41. The Bertz CT molecular complexity index is 552. The SMILES string of the molecule is CCC1CCNC(c2nc3ccc(Br)cc3s2)C1. The quantitative estimate of drug-likeness (QED) is 0.879. The number of thiazole rings is 1. The molecule has 0 bridgehead atoms. The molecule has 0 radical (unpaired) electrons. The predicted octanol–water partition coefficient (Wildman–Crippen LogP) is 4.51.